The number of nitro benzene ring substituents is 1. The predicted molar refractivity (Wildman–Crippen MR) is 58.7 cm³/mol. The summed E-state index contributed by atoms with van der Waals surface area (Å²) in [6, 6.07) is 2.68. The van der Waals surface area contributed by atoms with Crippen LogP contribution in [-0.4, -0.2) is 24.5 Å². The Morgan fingerprint density at radius 1 is 1.47 bits per heavy atom. The van der Waals surface area contributed by atoms with Crippen molar-refractivity contribution < 1.29 is 18.4 Å². The molecule has 0 aromatic heterocycles. The van der Waals surface area contributed by atoms with Crippen LogP contribution in [0.5, 0.6) is 5.75 Å². The number of ether oxygens (including phenoxy) is 1. The highest BCUT2D eigenvalue weighted by Gasteiger charge is 2.17. The summed E-state index contributed by atoms with van der Waals surface area (Å²) in [7, 11) is 1.32. The van der Waals surface area contributed by atoms with E-state index in [2.05, 4.69) is 5.32 Å². The molecule has 1 atom stereocenters. The largest absolute Gasteiger partial charge is 0.494 e. The van der Waals surface area contributed by atoms with Crippen molar-refractivity contribution in [3.63, 3.8) is 0 Å². The van der Waals surface area contributed by atoms with E-state index in [0.717, 1.165) is 0 Å². The Balaban J connectivity index is 2.96. The number of hydrogen-bond acceptors (Lipinski definition) is 4. The Hall–Kier alpha value is -1.92. The Labute approximate surface area is 96.5 Å². The molecular weight excluding hydrogens is 234 g/mol. The van der Waals surface area contributed by atoms with E-state index in [4.69, 9.17) is 4.74 Å². The monoisotopic (exact) mass is 246 g/mol. The predicted octanol–water partition coefficient (Wildman–Crippen LogP) is 2.67. The standard InChI is InChI=1S/C10H12F2N2O3/c1-6(10(11)12)13-8-4-3-7(14(15)16)5-9(8)17-2/h3-6,10,13H,1-2H3. The minimum absolute atomic E-state index is 0.155. The van der Waals surface area contributed by atoms with Gasteiger partial charge in [0.2, 0.25) is 0 Å². The number of non-ortho nitro benzene ring substituents is 1. The van der Waals surface area contributed by atoms with Gasteiger partial charge in [0.15, 0.2) is 0 Å². The van der Waals surface area contributed by atoms with Crippen molar-refractivity contribution in [2.45, 2.75) is 19.4 Å². The van der Waals surface area contributed by atoms with Gasteiger partial charge in [-0.15, -0.1) is 0 Å². The molecule has 1 unspecified atom stereocenters. The summed E-state index contributed by atoms with van der Waals surface area (Å²) in [5.41, 5.74) is 0.142. The van der Waals surface area contributed by atoms with Crippen LogP contribution < -0.4 is 10.1 Å². The lowest BCUT2D eigenvalue weighted by Gasteiger charge is -2.16. The fourth-order valence-electron chi connectivity index (χ4n) is 1.22. The van der Waals surface area contributed by atoms with Gasteiger partial charge in [-0.25, -0.2) is 8.78 Å². The first-order valence-electron chi connectivity index (χ1n) is 4.82. The van der Waals surface area contributed by atoms with Crippen molar-refractivity contribution >= 4 is 11.4 Å². The second-order valence-electron chi connectivity index (χ2n) is 3.41. The Kier molecular flexibility index (Phi) is 4.19. The lowest BCUT2D eigenvalue weighted by molar-refractivity contribution is -0.384. The highest BCUT2D eigenvalue weighted by atomic mass is 19.3. The molecule has 17 heavy (non-hydrogen) atoms. The van der Waals surface area contributed by atoms with Gasteiger partial charge < -0.3 is 10.1 Å². The quantitative estimate of drug-likeness (QED) is 0.640. The van der Waals surface area contributed by atoms with Crippen molar-refractivity contribution in [3.8, 4) is 5.75 Å². The van der Waals surface area contributed by atoms with Gasteiger partial charge in [-0.05, 0) is 13.0 Å². The molecule has 0 amide bonds. The number of benzene rings is 1. The molecule has 0 aliphatic carbocycles. The summed E-state index contributed by atoms with van der Waals surface area (Å²) in [6.45, 7) is 1.31. The molecule has 0 aliphatic rings. The molecule has 1 N–H and O–H groups in total. The van der Waals surface area contributed by atoms with Crippen LogP contribution in [0, 0.1) is 10.1 Å². The third kappa shape index (κ3) is 3.27. The first-order valence-corrected chi connectivity index (χ1v) is 4.82. The molecule has 0 saturated carbocycles. The Bertz CT molecular complexity index is 413. The number of nitrogens with one attached hydrogen (secondary N) is 1. The van der Waals surface area contributed by atoms with Gasteiger partial charge in [0.05, 0.1) is 29.8 Å². The van der Waals surface area contributed by atoms with Gasteiger partial charge in [-0.1, -0.05) is 0 Å². The molecule has 1 aromatic rings. The number of methoxy groups -OCH3 is 1. The number of alkyl halides is 2. The van der Waals surface area contributed by atoms with Crippen LogP contribution in [0.3, 0.4) is 0 Å². The molecule has 0 bridgehead atoms. The van der Waals surface area contributed by atoms with E-state index in [1.165, 1.54) is 32.2 Å². The zero-order valence-electron chi connectivity index (χ0n) is 9.31. The summed E-state index contributed by atoms with van der Waals surface area (Å²) < 4.78 is 29.6. The van der Waals surface area contributed by atoms with E-state index in [-0.39, 0.29) is 11.4 Å². The number of hydrogen-bond donors (Lipinski definition) is 1. The number of halogens is 2. The first kappa shape index (κ1) is 13.1. The van der Waals surface area contributed by atoms with Crippen molar-refractivity contribution in [2.24, 2.45) is 0 Å². The molecule has 0 saturated heterocycles. The van der Waals surface area contributed by atoms with E-state index in [9.17, 15) is 18.9 Å². The fourth-order valence-corrected chi connectivity index (χ4v) is 1.22. The smallest absolute Gasteiger partial charge is 0.273 e. The maximum Gasteiger partial charge on any atom is 0.273 e. The second-order valence-corrected chi connectivity index (χ2v) is 3.41. The SMILES string of the molecule is COc1cc([N+](=O)[O-])ccc1NC(C)C(F)F. The molecule has 1 aromatic carbocycles. The van der Waals surface area contributed by atoms with Crippen LogP contribution in [0.25, 0.3) is 0 Å². The fraction of sp³-hybridized carbons (Fsp3) is 0.400. The lowest BCUT2D eigenvalue weighted by Crippen LogP contribution is -2.24. The van der Waals surface area contributed by atoms with Crippen molar-refractivity contribution in [2.75, 3.05) is 12.4 Å². The average molecular weight is 246 g/mol. The van der Waals surface area contributed by atoms with E-state index in [0.29, 0.717) is 5.69 Å². The third-order valence-electron chi connectivity index (χ3n) is 2.16. The number of rotatable bonds is 5. The van der Waals surface area contributed by atoms with Gasteiger partial charge in [-0.2, -0.15) is 0 Å². The van der Waals surface area contributed by atoms with Gasteiger partial charge in [0.25, 0.3) is 12.1 Å². The van der Waals surface area contributed by atoms with Crippen molar-refractivity contribution in [1.29, 1.82) is 0 Å². The van der Waals surface area contributed by atoms with Gasteiger partial charge in [-0.3, -0.25) is 10.1 Å². The average Bonchev–Trinajstić information content (AvgIpc) is 2.28. The molecule has 7 heteroatoms. The minimum Gasteiger partial charge on any atom is -0.494 e. The highest BCUT2D eigenvalue weighted by molar-refractivity contribution is 5.61. The van der Waals surface area contributed by atoms with Gasteiger partial charge >= 0.3 is 0 Å². The zero-order valence-corrected chi connectivity index (χ0v) is 9.31. The molecular formula is C10H12F2N2O3. The molecule has 5 nitrogen and oxygen atoms in total. The summed E-state index contributed by atoms with van der Waals surface area (Å²) in [5.74, 6) is 0.159. The maximum absolute atomic E-state index is 12.3. The molecule has 0 fully saturated rings. The summed E-state index contributed by atoms with van der Waals surface area (Å²) in [5, 5.41) is 13.0. The summed E-state index contributed by atoms with van der Waals surface area (Å²) in [6.07, 6.45) is -2.53. The van der Waals surface area contributed by atoms with Crippen molar-refractivity contribution in [1.82, 2.24) is 0 Å². The topological polar surface area (TPSA) is 64.4 Å². The maximum atomic E-state index is 12.3. The Morgan fingerprint density at radius 2 is 2.12 bits per heavy atom. The van der Waals surface area contributed by atoms with E-state index >= 15 is 0 Å². The van der Waals surface area contributed by atoms with Crippen LogP contribution in [0.15, 0.2) is 18.2 Å². The normalized spacial score (nSPS) is 12.3. The van der Waals surface area contributed by atoms with E-state index in [1.807, 2.05) is 0 Å². The molecule has 0 spiro atoms. The number of nitro groups is 1. The van der Waals surface area contributed by atoms with Crippen LogP contribution >= 0.6 is 0 Å². The third-order valence-corrected chi connectivity index (χ3v) is 2.16. The molecule has 94 valence electrons. The summed E-state index contributed by atoms with van der Waals surface area (Å²) >= 11 is 0. The molecule has 0 heterocycles. The Morgan fingerprint density at radius 3 is 2.59 bits per heavy atom. The van der Waals surface area contributed by atoms with Crippen LogP contribution in [-0.2, 0) is 0 Å². The van der Waals surface area contributed by atoms with Crippen LogP contribution in [0.2, 0.25) is 0 Å². The van der Waals surface area contributed by atoms with Gasteiger partial charge in [0, 0.05) is 6.07 Å². The first-order chi connectivity index (χ1) is 7.95. The molecule has 1 rings (SSSR count). The molecule has 0 radical (unpaired) electrons. The van der Waals surface area contributed by atoms with E-state index < -0.39 is 17.4 Å². The second kappa shape index (κ2) is 5.42. The minimum atomic E-state index is -2.53. The van der Waals surface area contributed by atoms with Gasteiger partial charge in [0.1, 0.15) is 5.75 Å². The van der Waals surface area contributed by atoms with Crippen LogP contribution in [0.4, 0.5) is 20.2 Å². The lowest BCUT2D eigenvalue weighted by atomic mass is 10.2. The molecule has 0 aliphatic heterocycles. The highest BCUT2D eigenvalue weighted by Crippen LogP contribution is 2.29. The number of nitrogens with zero attached hydrogens (tertiary/aromatic N) is 1. The zero-order chi connectivity index (χ0) is 13.0. The summed E-state index contributed by atoms with van der Waals surface area (Å²) in [4.78, 5) is 9.94. The van der Waals surface area contributed by atoms with Crippen LogP contribution in [0.1, 0.15) is 6.92 Å². The van der Waals surface area contributed by atoms with E-state index in [1.54, 1.807) is 0 Å². The number of anilines is 1. The van der Waals surface area contributed by atoms with Crippen molar-refractivity contribution in [3.05, 3.63) is 28.3 Å².